The Morgan fingerprint density at radius 1 is 1.16 bits per heavy atom. The van der Waals surface area contributed by atoms with Crippen molar-refractivity contribution in [2.75, 3.05) is 7.11 Å². The minimum atomic E-state index is -1.04. The lowest BCUT2D eigenvalue weighted by molar-refractivity contribution is -0.384. The molecule has 0 radical (unpaired) electrons. The van der Waals surface area contributed by atoms with E-state index in [1.165, 1.54) is 36.5 Å². The van der Waals surface area contributed by atoms with E-state index >= 15 is 0 Å². The quantitative estimate of drug-likeness (QED) is 0.206. The lowest BCUT2D eigenvalue weighted by Crippen LogP contribution is -2.29. The van der Waals surface area contributed by atoms with Crippen molar-refractivity contribution < 1.29 is 28.8 Å². The smallest absolute Gasteiger partial charge is 0.296 e. The average Bonchev–Trinajstić information content (AvgIpc) is 3.41. The third-order valence-electron chi connectivity index (χ3n) is 5.21. The molecule has 0 saturated carbocycles. The molecule has 1 fully saturated rings. The van der Waals surface area contributed by atoms with E-state index in [0.717, 1.165) is 0 Å². The summed E-state index contributed by atoms with van der Waals surface area (Å²) in [6.07, 6.45) is 1.44. The number of ether oxygens (including phenoxy) is 1. The number of furan rings is 1. The zero-order chi connectivity index (χ0) is 22.8. The number of carbonyl (C=O) groups is 2. The molecule has 1 aliphatic rings. The van der Waals surface area contributed by atoms with Crippen molar-refractivity contribution in [1.29, 1.82) is 0 Å². The van der Waals surface area contributed by atoms with Crippen LogP contribution < -0.4 is 4.74 Å². The number of non-ortho nitro benzene ring substituents is 1. The van der Waals surface area contributed by atoms with Gasteiger partial charge in [-0.15, -0.1) is 0 Å². The number of aliphatic hydroxyl groups excluding tert-OH is 1. The van der Waals surface area contributed by atoms with Crippen molar-refractivity contribution in [2.24, 2.45) is 0 Å². The Bertz CT molecular complexity index is 1210. The predicted molar refractivity (Wildman–Crippen MR) is 113 cm³/mol. The van der Waals surface area contributed by atoms with Crippen LogP contribution in [0.5, 0.6) is 5.75 Å². The molecule has 1 saturated heterocycles. The van der Waals surface area contributed by atoms with Gasteiger partial charge in [0.1, 0.15) is 17.3 Å². The maximum Gasteiger partial charge on any atom is 0.296 e. The highest BCUT2D eigenvalue weighted by atomic mass is 16.6. The summed E-state index contributed by atoms with van der Waals surface area (Å²) in [6, 6.07) is 14.2. The van der Waals surface area contributed by atoms with Crippen LogP contribution in [0, 0.1) is 10.1 Å². The number of hydrogen-bond acceptors (Lipinski definition) is 7. The maximum atomic E-state index is 13.0. The number of ketones is 1. The second-order valence-corrected chi connectivity index (χ2v) is 7.09. The van der Waals surface area contributed by atoms with Crippen molar-refractivity contribution in [3.63, 3.8) is 0 Å². The molecule has 3 aromatic rings. The van der Waals surface area contributed by atoms with Gasteiger partial charge in [0.25, 0.3) is 17.4 Å². The Hall–Kier alpha value is -4.40. The molecule has 32 heavy (non-hydrogen) atoms. The molecule has 4 rings (SSSR count). The van der Waals surface area contributed by atoms with Crippen LogP contribution in [0.3, 0.4) is 0 Å². The van der Waals surface area contributed by atoms with Crippen LogP contribution in [-0.2, 0) is 16.1 Å². The van der Waals surface area contributed by atoms with Gasteiger partial charge in [0, 0.05) is 17.7 Å². The average molecular weight is 434 g/mol. The minimum Gasteiger partial charge on any atom is -0.507 e. The summed E-state index contributed by atoms with van der Waals surface area (Å²) in [5.41, 5.74) is 0.264. The van der Waals surface area contributed by atoms with Crippen LogP contribution in [0.15, 0.2) is 76.9 Å². The highest BCUT2D eigenvalue weighted by Crippen LogP contribution is 2.41. The van der Waals surface area contributed by atoms with Crippen molar-refractivity contribution in [1.82, 2.24) is 4.90 Å². The number of carbonyl (C=O) groups excluding carboxylic acids is 2. The zero-order valence-corrected chi connectivity index (χ0v) is 16.9. The fourth-order valence-electron chi connectivity index (χ4n) is 3.67. The number of nitro groups is 1. The van der Waals surface area contributed by atoms with E-state index in [2.05, 4.69) is 0 Å². The Morgan fingerprint density at radius 2 is 1.91 bits per heavy atom. The van der Waals surface area contributed by atoms with E-state index in [1.54, 1.807) is 42.5 Å². The number of aliphatic hydroxyl groups is 1. The van der Waals surface area contributed by atoms with Gasteiger partial charge in [-0.25, -0.2) is 0 Å². The van der Waals surface area contributed by atoms with Crippen molar-refractivity contribution in [3.8, 4) is 5.75 Å². The molecule has 0 aliphatic carbocycles. The lowest BCUT2D eigenvalue weighted by atomic mass is 9.95. The molecule has 0 spiro atoms. The standard InChI is InChI=1S/C23H18N2O7/c1-31-17-9-7-14(8-10-17)21(26)19-20(15-4-2-5-16(12-15)25(29)30)24(23(28)22(19)27)13-18-6-3-11-32-18/h2-12,20,26H,13H2,1H3/b21-19+. The number of hydrogen-bond donors (Lipinski definition) is 1. The van der Waals surface area contributed by atoms with Gasteiger partial charge < -0.3 is 19.2 Å². The van der Waals surface area contributed by atoms with Gasteiger partial charge in [-0.2, -0.15) is 0 Å². The van der Waals surface area contributed by atoms with E-state index < -0.39 is 22.7 Å². The van der Waals surface area contributed by atoms with Crippen LogP contribution in [0.1, 0.15) is 22.9 Å². The second-order valence-electron chi connectivity index (χ2n) is 7.09. The normalized spacial score (nSPS) is 17.5. The fraction of sp³-hybridized carbons (Fsp3) is 0.130. The SMILES string of the molecule is COc1ccc(/C(O)=C2\C(=O)C(=O)N(Cc3ccco3)C2c2cccc([N+](=O)[O-])c2)cc1. The minimum absolute atomic E-state index is 0.0513. The molecular formula is C23H18N2O7. The summed E-state index contributed by atoms with van der Waals surface area (Å²) >= 11 is 0. The number of methoxy groups -OCH3 is 1. The fourth-order valence-corrected chi connectivity index (χ4v) is 3.67. The number of likely N-dealkylation sites (tertiary alicyclic amines) is 1. The molecule has 162 valence electrons. The topological polar surface area (TPSA) is 123 Å². The molecule has 2 aromatic carbocycles. The first-order chi connectivity index (χ1) is 15.4. The third kappa shape index (κ3) is 3.71. The molecular weight excluding hydrogens is 416 g/mol. The molecule has 0 bridgehead atoms. The lowest BCUT2D eigenvalue weighted by Gasteiger charge is -2.24. The van der Waals surface area contributed by atoms with Crippen LogP contribution in [-0.4, -0.2) is 33.7 Å². The van der Waals surface area contributed by atoms with E-state index in [-0.39, 0.29) is 23.6 Å². The van der Waals surface area contributed by atoms with E-state index in [0.29, 0.717) is 22.6 Å². The van der Waals surface area contributed by atoms with Crippen molar-refractivity contribution in [2.45, 2.75) is 12.6 Å². The highest BCUT2D eigenvalue weighted by molar-refractivity contribution is 6.46. The number of nitro benzene ring substituents is 1. The van der Waals surface area contributed by atoms with Crippen LogP contribution in [0.2, 0.25) is 0 Å². The molecule has 1 N–H and O–H groups in total. The first kappa shape index (κ1) is 20.9. The summed E-state index contributed by atoms with van der Waals surface area (Å²) in [4.78, 5) is 37.9. The maximum absolute atomic E-state index is 13.0. The van der Waals surface area contributed by atoms with Gasteiger partial charge >= 0.3 is 0 Å². The van der Waals surface area contributed by atoms with Crippen molar-refractivity contribution in [3.05, 3.63) is 99.5 Å². The first-order valence-corrected chi connectivity index (χ1v) is 9.60. The second kappa shape index (κ2) is 8.38. The Kier molecular flexibility index (Phi) is 5.46. The number of nitrogens with zero attached hydrogens (tertiary/aromatic N) is 2. The summed E-state index contributed by atoms with van der Waals surface area (Å²) < 4.78 is 10.4. The van der Waals surface area contributed by atoms with E-state index in [9.17, 15) is 24.8 Å². The molecule has 9 nitrogen and oxygen atoms in total. The van der Waals surface area contributed by atoms with Crippen LogP contribution >= 0.6 is 0 Å². The third-order valence-corrected chi connectivity index (χ3v) is 5.21. The summed E-state index contributed by atoms with van der Waals surface area (Å²) in [5.74, 6) is -1.14. The predicted octanol–water partition coefficient (Wildman–Crippen LogP) is 3.82. The van der Waals surface area contributed by atoms with Gasteiger partial charge in [0.05, 0.1) is 36.5 Å². The van der Waals surface area contributed by atoms with Crippen molar-refractivity contribution >= 4 is 23.1 Å². The van der Waals surface area contributed by atoms with Gasteiger partial charge in [-0.1, -0.05) is 12.1 Å². The molecule has 9 heteroatoms. The molecule has 1 aliphatic heterocycles. The number of rotatable bonds is 6. The number of amides is 1. The van der Waals surface area contributed by atoms with Gasteiger partial charge in [-0.05, 0) is 42.0 Å². The van der Waals surface area contributed by atoms with E-state index in [1.807, 2.05) is 0 Å². The number of Topliss-reactive ketones (excluding diaryl/α,β-unsaturated/α-hetero) is 1. The molecule has 1 atom stereocenters. The molecule has 1 aromatic heterocycles. The largest absolute Gasteiger partial charge is 0.507 e. The Labute approximate surface area is 182 Å². The van der Waals surface area contributed by atoms with Gasteiger partial charge in [0.15, 0.2) is 0 Å². The summed E-state index contributed by atoms with van der Waals surface area (Å²) in [7, 11) is 1.50. The van der Waals surface area contributed by atoms with Gasteiger partial charge in [-0.3, -0.25) is 19.7 Å². The molecule has 2 heterocycles. The molecule has 1 amide bonds. The first-order valence-electron chi connectivity index (χ1n) is 9.60. The molecule has 1 unspecified atom stereocenters. The van der Waals surface area contributed by atoms with E-state index in [4.69, 9.17) is 9.15 Å². The Morgan fingerprint density at radius 3 is 2.53 bits per heavy atom. The van der Waals surface area contributed by atoms with Crippen LogP contribution in [0.4, 0.5) is 5.69 Å². The Balaban J connectivity index is 1.87. The summed E-state index contributed by atoms with van der Waals surface area (Å²) in [5, 5.41) is 22.3. The number of benzene rings is 2. The zero-order valence-electron chi connectivity index (χ0n) is 16.9. The summed E-state index contributed by atoms with van der Waals surface area (Å²) in [6.45, 7) is -0.0513. The monoisotopic (exact) mass is 434 g/mol. The highest BCUT2D eigenvalue weighted by Gasteiger charge is 2.46. The van der Waals surface area contributed by atoms with Crippen LogP contribution in [0.25, 0.3) is 5.76 Å². The van der Waals surface area contributed by atoms with Gasteiger partial charge in [0.2, 0.25) is 0 Å².